The highest BCUT2D eigenvalue weighted by molar-refractivity contribution is 7.89. The molecule has 1 aromatic rings. The Hall–Kier alpha value is -1.70. The molecule has 1 aliphatic heterocycles. The van der Waals surface area contributed by atoms with Gasteiger partial charge < -0.3 is 9.84 Å². The van der Waals surface area contributed by atoms with Crippen LogP contribution in [0, 0.1) is 6.92 Å². The molecule has 0 radical (unpaired) electrons. The number of aliphatic carboxylic acids is 1. The monoisotopic (exact) mass is 311 g/mol. The summed E-state index contributed by atoms with van der Waals surface area (Å²) < 4.78 is 32.2. The summed E-state index contributed by atoms with van der Waals surface area (Å²) in [5.74, 6) is -1.05. The number of hydrogen-bond acceptors (Lipinski definition) is 4. The zero-order valence-corrected chi connectivity index (χ0v) is 12.4. The zero-order chi connectivity index (χ0) is 15.5. The maximum atomic E-state index is 12.2. The molecule has 2 N–H and O–H groups in total. The fourth-order valence-corrected chi connectivity index (χ4v) is 3.42. The Morgan fingerprint density at radius 3 is 2.81 bits per heavy atom. The van der Waals surface area contributed by atoms with Gasteiger partial charge in [0.15, 0.2) is 0 Å². The number of sulfonamides is 1. The van der Waals surface area contributed by atoms with Gasteiger partial charge in [-0.1, -0.05) is 6.07 Å². The molecule has 0 aromatic heterocycles. The summed E-state index contributed by atoms with van der Waals surface area (Å²) in [5.41, 5.74) is 1.36. The average molecular weight is 311 g/mol. The number of carbonyl (C=O) groups is 1. The molecule has 1 aromatic carbocycles. The highest BCUT2D eigenvalue weighted by atomic mass is 32.2. The third-order valence-corrected chi connectivity index (χ3v) is 4.73. The Kier molecular flexibility index (Phi) is 4.76. The molecule has 2 rings (SSSR count). The Labute approximate surface area is 123 Å². The van der Waals surface area contributed by atoms with E-state index >= 15 is 0 Å². The van der Waals surface area contributed by atoms with Crippen molar-refractivity contribution in [2.45, 2.75) is 24.3 Å². The molecule has 1 fully saturated rings. The lowest BCUT2D eigenvalue weighted by Gasteiger charge is -2.12. The summed E-state index contributed by atoms with van der Waals surface area (Å²) in [7, 11) is -3.58. The van der Waals surface area contributed by atoms with Gasteiger partial charge in [-0.15, -0.1) is 0 Å². The standard InChI is InChI=1S/C14H17NO5S/c1-10-8-13(4-2-11(10)3-5-14(16)17)21(18,19)15-12-6-7-20-9-12/h2-5,8,12,15H,6-7,9H2,1H3,(H,16,17)/b5-3+. The third kappa shape index (κ3) is 4.13. The summed E-state index contributed by atoms with van der Waals surface area (Å²) in [4.78, 5) is 10.7. The maximum absolute atomic E-state index is 12.2. The summed E-state index contributed by atoms with van der Waals surface area (Å²) in [6.07, 6.45) is 3.12. The van der Waals surface area contributed by atoms with Crippen molar-refractivity contribution in [1.29, 1.82) is 0 Å². The first kappa shape index (κ1) is 15.7. The number of ether oxygens (including phenoxy) is 1. The molecule has 1 saturated heterocycles. The van der Waals surface area contributed by atoms with E-state index in [9.17, 15) is 13.2 Å². The van der Waals surface area contributed by atoms with Crippen molar-refractivity contribution in [3.8, 4) is 0 Å². The van der Waals surface area contributed by atoms with Crippen molar-refractivity contribution in [2.24, 2.45) is 0 Å². The van der Waals surface area contributed by atoms with E-state index in [2.05, 4.69) is 4.72 Å². The van der Waals surface area contributed by atoms with Gasteiger partial charge in [0.05, 0.1) is 11.5 Å². The quantitative estimate of drug-likeness (QED) is 0.796. The molecule has 0 bridgehead atoms. The molecular weight excluding hydrogens is 294 g/mol. The molecule has 0 saturated carbocycles. The van der Waals surface area contributed by atoms with Crippen LogP contribution >= 0.6 is 0 Å². The van der Waals surface area contributed by atoms with E-state index in [0.717, 1.165) is 6.08 Å². The lowest BCUT2D eigenvalue weighted by Crippen LogP contribution is -2.35. The van der Waals surface area contributed by atoms with E-state index in [0.29, 0.717) is 30.8 Å². The summed E-state index contributed by atoms with van der Waals surface area (Å²) in [6.45, 7) is 2.68. The SMILES string of the molecule is Cc1cc(S(=O)(=O)NC2CCOC2)ccc1/C=C/C(=O)O. The van der Waals surface area contributed by atoms with Crippen LogP contribution in [-0.4, -0.2) is 38.7 Å². The van der Waals surface area contributed by atoms with Crippen LogP contribution in [0.5, 0.6) is 0 Å². The van der Waals surface area contributed by atoms with Crippen LogP contribution in [0.1, 0.15) is 17.5 Å². The molecule has 21 heavy (non-hydrogen) atoms. The minimum atomic E-state index is -3.58. The molecule has 1 unspecified atom stereocenters. The van der Waals surface area contributed by atoms with Crippen LogP contribution in [-0.2, 0) is 19.6 Å². The van der Waals surface area contributed by atoms with Crippen molar-refractivity contribution >= 4 is 22.1 Å². The zero-order valence-electron chi connectivity index (χ0n) is 11.6. The van der Waals surface area contributed by atoms with Gasteiger partial charge in [-0.05, 0) is 42.7 Å². The first-order valence-electron chi connectivity index (χ1n) is 6.50. The van der Waals surface area contributed by atoms with Crippen LogP contribution in [0.25, 0.3) is 6.08 Å². The van der Waals surface area contributed by atoms with E-state index in [1.165, 1.54) is 18.2 Å². The largest absolute Gasteiger partial charge is 0.478 e. The van der Waals surface area contributed by atoms with Gasteiger partial charge in [0.2, 0.25) is 10.0 Å². The van der Waals surface area contributed by atoms with Crippen molar-refractivity contribution in [3.63, 3.8) is 0 Å². The van der Waals surface area contributed by atoms with Crippen molar-refractivity contribution in [1.82, 2.24) is 4.72 Å². The van der Waals surface area contributed by atoms with Crippen molar-refractivity contribution in [2.75, 3.05) is 13.2 Å². The predicted molar refractivity (Wildman–Crippen MR) is 77.4 cm³/mol. The van der Waals surface area contributed by atoms with Crippen LogP contribution in [0.15, 0.2) is 29.2 Å². The van der Waals surface area contributed by atoms with E-state index in [4.69, 9.17) is 9.84 Å². The van der Waals surface area contributed by atoms with E-state index in [-0.39, 0.29) is 10.9 Å². The first-order valence-corrected chi connectivity index (χ1v) is 7.98. The van der Waals surface area contributed by atoms with Gasteiger partial charge >= 0.3 is 5.97 Å². The van der Waals surface area contributed by atoms with Crippen molar-refractivity contribution < 1.29 is 23.1 Å². The lowest BCUT2D eigenvalue weighted by molar-refractivity contribution is -0.131. The van der Waals surface area contributed by atoms with E-state index in [1.54, 1.807) is 13.0 Å². The predicted octanol–water partition coefficient (Wildman–Crippen LogP) is 1.16. The Balaban J connectivity index is 2.20. The van der Waals surface area contributed by atoms with Crippen LogP contribution in [0.2, 0.25) is 0 Å². The number of rotatable bonds is 5. The average Bonchev–Trinajstić information content (AvgIpc) is 2.89. The van der Waals surface area contributed by atoms with Gasteiger partial charge in [0, 0.05) is 18.7 Å². The minimum Gasteiger partial charge on any atom is -0.478 e. The second-order valence-electron chi connectivity index (χ2n) is 4.87. The Morgan fingerprint density at radius 2 is 2.24 bits per heavy atom. The number of aryl methyl sites for hydroxylation is 1. The van der Waals surface area contributed by atoms with Gasteiger partial charge in [-0.3, -0.25) is 0 Å². The third-order valence-electron chi connectivity index (χ3n) is 3.21. The maximum Gasteiger partial charge on any atom is 0.328 e. The normalized spacial score (nSPS) is 19.2. The Morgan fingerprint density at radius 1 is 1.48 bits per heavy atom. The number of hydrogen-bond donors (Lipinski definition) is 2. The molecule has 7 heteroatoms. The molecule has 114 valence electrons. The van der Waals surface area contributed by atoms with Gasteiger partial charge in [0.25, 0.3) is 0 Å². The topological polar surface area (TPSA) is 92.7 Å². The van der Waals surface area contributed by atoms with Crippen LogP contribution in [0.4, 0.5) is 0 Å². The summed E-state index contributed by atoms with van der Waals surface area (Å²) >= 11 is 0. The molecule has 1 heterocycles. The van der Waals surface area contributed by atoms with Crippen LogP contribution < -0.4 is 4.72 Å². The number of carboxylic acid groups (broad SMARTS) is 1. The fourth-order valence-electron chi connectivity index (χ4n) is 2.08. The smallest absolute Gasteiger partial charge is 0.328 e. The highest BCUT2D eigenvalue weighted by Crippen LogP contribution is 2.18. The minimum absolute atomic E-state index is 0.166. The fraction of sp³-hybridized carbons (Fsp3) is 0.357. The lowest BCUT2D eigenvalue weighted by atomic mass is 10.1. The van der Waals surface area contributed by atoms with E-state index < -0.39 is 16.0 Å². The number of nitrogens with one attached hydrogen (secondary N) is 1. The summed E-state index contributed by atoms with van der Waals surface area (Å²) in [5, 5.41) is 8.60. The Bertz CT molecular complexity index is 660. The highest BCUT2D eigenvalue weighted by Gasteiger charge is 2.23. The molecule has 0 spiro atoms. The van der Waals surface area contributed by atoms with Crippen LogP contribution in [0.3, 0.4) is 0 Å². The molecule has 6 nitrogen and oxygen atoms in total. The van der Waals surface area contributed by atoms with E-state index in [1.807, 2.05) is 0 Å². The molecule has 1 atom stereocenters. The summed E-state index contributed by atoms with van der Waals surface area (Å²) in [6, 6.07) is 4.39. The molecule has 0 amide bonds. The number of carboxylic acids is 1. The second kappa shape index (κ2) is 6.38. The van der Waals surface area contributed by atoms with Gasteiger partial charge in [-0.2, -0.15) is 0 Å². The molecule has 1 aliphatic rings. The van der Waals surface area contributed by atoms with Gasteiger partial charge in [0.1, 0.15) is 0 Å². The van der Waals surface area contributed by atoms with Crippen molar-refractivity contribution in [3.05, 3.63) is 35.4 Å². The number of benzene rings is 1. The van der Waals surface area contributed by atoms with Gasteiger partial charge in [-0.25, -0.2) is 17.9 Å². The second-order valence-corrected chi connectivity index (χ2v) is 6.59. The molecular formula is C14H17NO5S. The molecule has 0 aliphatic carbocycles. The first-order chi connectivity index (χ1) is 9.88.